The minimum Gasteiger partial charge on any atom is -0.486 e. The topological polar surface area (TPSA) is 90.2 Å². The van der Waals surface area contributed by atoms with E-state index in [1.807, 2.05) is 0 Å². The molecule has 1 aliphatic rings. The molecule has 0 bridgehead atoms. The lowest BCUT2D eigenvalue weighted by Gasteiger charge is -2.14. The first-order valence-electron chi connectivity index (χ1n) is 5.28. The molecule has 0 amide bonds. The van der Waals surface area contributed by atoms with Crippen LogP contribution in [0, 0.1) is 0 Å². The van der Waals surface area contributed by atoms with Crippen molar-refractivity contribution in [3.8, 4) is 0 Å². The van der Waals surface area contributed by atoms with Crippen LogP contribution in [0.5, 0.6) is 0 Å². The number of aliphatic hydroxyl groups excluding tert-OH is 4. The van der Waals surface area contributed by atoms with Gasteiger partial charge in [0, 0.05) is 6.42 Å². The number of aliphatic hydroxyl groups is 4. The zero-order chi connectivity index (χ0) is 13.3. The highest BCUT2D eigenvalue weighted by Crippen LogP contribution is 2.18. The predicted octanol–water partition coefficient (Wildman–Crippen LogP) is -0.276. The molecule has 0 aliphatic heterocycles. The Morgan fingerprint density at radius 1 is 1.24 bits per heavy atom. The maximum Gasteiger partial charge on any atom is 0.145 e. The Labute approximate surface area is 101 Å². The molecule has 2 atom stereocenters. The molecule has 0 heterocycles. The summed E-state index contributed by atoms with van der Waals surface area (Å²) >= 11 is 0. The van der Waals surface area contributed by atoms with E-state index in [4.69, 9.17) is 25.2 Å². The first kappa shape index (κ1) is 15.9. The van der Waals surface area contributed by atoms with Crippen molar-refractivity contribution in [3.05, 3.63) is 37.1 Å². The van der Waals surface area contributed by atoms with Crippen molar-refractivity contribution in [2.24, 2.45) is 0 Å². The maximum atomic E-state index is 8.67. The summed E-state index contributed by atoms with van der Waals surface area (Å²) in [5.41, 5.74) is 0. The molecule has 5 nitrogen and oxygen atoms in total. The molecule has 0 saturated heterocycles. The number of hydrogen-bond donors (Lipinski definition) is 4. The van der Waals surface area contributed by atoms with Gasteiger partial charge in [0.2, 0.25) is 0 Å². The summed E-state index contributed by atoms with van der Waals surface area (Å²) in [6, 6.07) is 0. The molecule has 17 heavy (non-hydrogen) atoms. The molecule has 4 N–H and O–H groups in total. The number of allylic oxidation sites excluding steroid dienone is 3. The minimum absolute atomic E-state index is 0.223. The highest BCUT2D eigenvalue weighted by atomic mass is 16.5. The Balaban J connectivity index is 0.000000419. The van der Waals surface area contributed by atoms with Gasteiger partial charge >= 0.3 is 0 Å². The molecule has 1 rings (SSSR count). The van der Waals surface area contributed by atoms with E-state index in [0.717, 1.165) is 0 Å². The fourth-order valence-corrected chi connectivity index (χ4v) is 0.765. The highest BCUT2D eigenvalue weighted by molar-refractivity contribution is 5.14. The minimum atomic E-state index is -0.589. The second-order valence-electron chi connectivity index (χ2n) is 3.48. The largest absolute Gasteiger partial charge is 0.486 e. The Morgan fingerprint density at radius 3 is 1.94 bits per heavy atom. The third-order valence-corrected chi connectivity index (χ3v) is 1.92. The van der Waals surface area contributed by atoms with E-state index in [0.29, 0.717) is 12.2 Å². The van der Waals surface area contributed by atoms with Crippen LogP contribution in [0.3, 0.4) is 0 Å². The summed E-state index contributed by atoms with van der Waals surface area (Å²) in [4.78, 5) is 0. The van der Waals surface area contributed by atoms with Gasteiger partial charge in [0.1, 0.15) is 11.9 Å². The van der Waals surface area contributed by atoms with Gasteiger partial charge < -0.3 is 25.2 Å². The van der Waals surface area contributed by atoms with Gasteiger partial charge in [0.15, 0.2) is 0 Å². The molecule has 1 fully saturated rings. The molecule has 98 valence electrons. The average Bonchev–Trinajstić information content (AvgIpc) is 2.98. The van der Waals surface area contributed by atoms with Crippen molar-refractivity contribution in [2.75, 3.05) is 13.2 Å². The van der Waals surface area contributed by atoms with E-state index in [1.54, 1.807) is 12.2 Å². The van der Waals surface area contributed by atoms with Crippen molar-refractivity contribution in [2.45, 2.75) is 24.7 Å². The first-order chi connectivity index (χ1) is 8.08. The SMILES string of the molecule is C=C/C=C(\C=C)OC(CO)CO.OC1CC1O. The Bertz CT molecular complexity index is 252. The molecular weight excluding hydrogens is 224 g/mol. The number of hydrogen-bond acceptors (Lipinski definition) is 5. The zero-order valence-electron chi connectivity index (χ0n) is 9.70. The lowest BCUT2D eigenvalue weighted by molar-refractivity contribution is 0.0223. The standard InChI is InChI=1S/C9H14O3.C3H6O2/c1-3-5-8(4-2)12-9(6-10)7-11;4-2-1-3(2)5/h3-5,9-11H,1-2,6-7H2;2-5H,1H2/b8-5+;. The highest BCUT2D eigenvalue weighted by Gasteiger charge is 2.32. The lowest BCUT2D eigenvalue weighted by atomic mass is 10.3. The number of rotatable bonds is 6. The van der Waals surface area contributed by atoms with E-state index < -0.39 is 18.3 Å². The van der Waals surface area contributed by atoms with E-state index in [2.05, 4.69) is 13.2 Å². The summed E-state index contributed by atoms with van der Waals surface area (Å²) in [6.45, 7) is 6.53. The van der Waals surface area contributed by atoms with Crippen molar-refractivity contribution < 1.29 is 25.2 Å². The Morgan fingerprint density at radius 2 is 1.71 bits per heavy atom. The third kappa shape index (κ3) is 7.70. The van der Waals surface area contributed by atoms with Crippen LogP contribution in [0.1, 0.15) is 6.42 Å². The van der Waals surface area contributed by atoms with Gasteiger partial charge in [-0.1, -0.05) is 19.2 Å². The molecule has 5 heteroatoms. The van der Waals surface area contributed by atoms with E-state index in [1.165, 1.54) is 6.08 Å². The Hall–Kier alpha value is -1.14. The summed E-state index contributed by atoms with van der Waals surface area (Å²) in [5, 5.41) is 33.7. The second kappa shape index (κ2) is 8.95. The molecular formula is C12H20O5. The molecule has 1 saturated carbocycles. The van der Waals surface area contributed by atoms with Crippen molar-refractivity contribution in [1.29, 1.82) is 0 Å². The van der Waals surface area contributed by atoms with Gasteiger partial charge in [-0.05, 0) is 12.2 Å². The summed E-state index contributed by atoms with van der Waals surface area (Å²) < 4.78 is 5.11. The molecule has 2 unspecified atom stereocenters. The quantitative estimate of drug-likeness (QED) is 0.381. The smallest absolute Gasteiger partial charge is 0.145 e. The van der Waals surface area contributed by atoms with E-state index >= 15 is 0 Å². The van der Waals surface area contributed by atoms with Crippen LogP contribution >= 0.6 is 0 Å². The van der Waals surface area contributed by atoms with Crippen LogP contribution in [0.4, 0.5) is 0 Å². The lowest BCUT2D eigenvalue weighted by Crippen LogP contribution is -2.21. The summed E-state index contributed by atoms with van der Waals surface area (Å²) in [5.74, 6) is 0.484. The van der Waals surface area contributed by atoms with Crippen molar-refractivity contribution in [1.82, 2.24) is 0 Å². The average molecular weight is 244 g/mol. The second-order valence-corrected chi connectivity index (χ2v) is 3.48. The van der Waals surface area contributed by atoms with Crippen LogP contribution in [0.25, 0.3) is 0 Å². The van der Waals surface area contributed by atoms with Gasteiger partial charge in [-0.15, -0.1) is 0 Å². The molecule has 0 aromatic rings. The fraction of sp³-hybridized carbons (Fsp3) is 0.500. The van der Waals surface area contributed by atoms with Gasteiger partial charge in [0.05, 0.1) is 25.4 Å². The molecule has 0 spiro atoms. The van der Waals surface area contributed by atoms with Crippen LogP contribution in [0.15, 0.2) is 37.1 Å². The van der Waals surface area contributed by atoms with Crippen LogP contribution in [-0.2, 0) is 4.74 Å². The predicted molar refractivity (Wildman–Crippen MR) is 64.2 cm³/mol. The zero-order valence-corrected chi connectivity index (χ0v) is 9.70. The van der Waals surface area contributed by atoms with Crippen LogP contribution in [0.2, 0.25) is 0 Å². The molecule has 0 aromatic carbocycles. The molecule has 1 aliphatic carbocycles. The van der Waals surface area contributed by atoms with Gasteiger partial charge in [-0.3, -0.25) is 0 Å². The van der Waals surface area contributed by atoms with E-state index in [-0.39, 0.29) is 13.2 Å². The van der Waals surface area contributed by atoms with Crippen molar-refractivity contribution >= 4 is 0 Å². The van der Waals surface area contributed by atoms with Crippen LogP contribution < -0.4 is 0 Å². The van der Waals surface area contributed by atoms with Gasteiger partial charge in [-0.25, -0.2) is 0 Å². The maximum absolute atomic E-state index is 8.67. The monoisotopic (exact) mass is 244 g/mol. The summed E-state index contributed by atoms with van der Waals surface area (Å²) in [7, 11) is 0. The Kier molecular flexibility index (Phi) is 8.35. The fourth-order valence-electron chi connectivity index (χ4n) is 0.765. The van der Waals surface area contributed by atoms with Crippen molar-refractivity contribution in [3.63, 3.8) is 0 Å². The first-order valence-corrected chi connectivity index (χ1v) is 5.28. The number of ether oxygens (including phenoxy) is 1. The molecule has 0 radical (unpaired) electrons. The van der Waals surface area contributed by atoms with Gasteiger partial charge in [0.25, 0.3) is 0 Å². The normalized spacial score (nSPS) is 22.5. The third-order valence-electron chi connectivity index (χ3n) is 1.92. The van der Waals surface area contributed by atoms with E-state index in [9.17, 15) is 0 Å². The van der Waals surface area contributed by atoms with Crippen LogP contribution in [-0.4, -0.2) is 52.0 Å². The summed E-state index contributed by atoms with van der Waals surface area (Å²) in [6.07, 6.45) is 3.84. The molecule has 0 aromatic heterocycles. The van der Waals surface area contributed by atoms with Gasteiger partial charge in [-0.2, -0.15) is 0 Å².